The molecule has 1 fully saturated rings. The van der Waals surface area contributed by atoms with Gasteiger partial charge in [0, 0.05) is 11.3 Å². The summed E-state index contributed by atoms with van der Waals surface area (Å²) >= 11 is 1.46. The lowest BCUT2D eigenvalue weighted by molar-refractivity contribution is -0.143. The molecule has 2 rings (SSSR count). The average Bonchev–Trinajstić information content (AvgIpc) is 2.88. The van der Waals surface area contributed by atoms with E-state index < -0.39 is 24.0 Å². The Balaban J connectivity index is 2.07. The van der Waals surface area contributed by atoms with Crippen molar-refractivity contribution in [3.05, 3.63) is 29.8 Å². The molecule has 0 bridgehead atoms. The maximum atomic E-state index is 12.1. The quantitative estimate of drug-likeness (QED) is 0.868. The number of amides is 1. The van der Waals surface area contributed by atoms with Crippen molar-refractivity contribution >= 4 is 23.6 Å². The van der Waals surface area contributed by atoms with Crippen LogP contribution in [0, 0.1) is 0 Å². The fraction of sp³-hybridized carbons (Fsp3) is 0.385. The second-order valence-electron chi connectivity index (χ2n) is 4.55. The molecule has 2 N–H and O–H groups in total. The van der Waals surface area contributed by atoms with Crippen LogP contribution in [0.3, 0.4) is 0 Å². The highest BCUT2D eigenvalue weighted by molar-refractivity contribution is 7.99. The van der Waals surface area contributed by atoms with Crippen LogP contribution in [-0.4, -0.2) is 40.6 Å². The molecule has 1 heterocycles. The fourth-order valence-electron chi connectivity index (χ4n) is 1.96. The molecule has 5 nitrogen and oxygen atoms in total. The summed E-state index contributed by atoms with van der Waals surface area (Å²) < 4.78 is 28.2. The molecule has 1 aliphatic rings. The van der Waals surface area contributed by atoms with Gasteiger partial charge in [-0.1, -0.05) is 0 Å². The van der Waals surface area contributed by atoms with Crippen LogP contribution in [0.4, 0.5) is 8.78 Å². The van der Waals surface area contributed by atoms with Crippen LogP contribution in [0.5, 0.6) is 5.75 Å². The number of alkyl halides is 2. The molecule has 1 aromatic rings. The van der Waals surface area contributed by atoms with Crippen LogP contribution in [0.15, 0.2) is 24.3 Å². The van der Waals surface area contributed by atoms with Crippen molar-refractivity contribution in [3.63, 3.8) is 0 Å². The van der Waals surface area contributed by atoms with Gasteiger partial charge in [0.1, 0.15) is 11.3 Å². The molecule has 0 spiro atoms. The highest BCUT2D eigenvalue weighted by atomic mass is 32.2. The second-order valence-corrected chi connectivity index (χ2v) is 5.65. The maximum absolute atomic E-state index is 12.1. The summed E-state index contributed by atoms with van der Waals surface area (Å²) in [5.41, 5.74) is -1.07. The minimum absolute atomic E-state index is 0.0640. The Hall–Kier alpha value is -1.83. The SMILES string of the molecule is O=C(NC1(C(=O)O)CCSC1)c1ccc(OC(F)F)cc1. The Morgan fingerprint density at radius 2 is 2.00 bits per heavy atom. The molecule has 1 saturated heterocycles. The van der Waals surface area contributed by atoms with Gasteiger partial charge in [0.2, 0.25) is 0 Å². The van der Waals surface area contributed by atoms with E-state index in [0.29, 0.717) is 17.9 Å². The first kappa shape index (κ1) is 15.6. The first-order chi connectivity index (χ1) is 9.93. The van der Waals surface area contributed by atoms with Gasteiger partial charge in [-0.2, -0.15) is 20.5 Å². The van der Waals surface area contributed by atoms with Crippen LogP contribution in [0.1, 0.15) is 16.8 Å². The summed E-state index contributed by atoms with van der Waals surface area (Å²) in [7, 11) is 0. The summed E-state index contributed by atoms with van der Waals surface area (Å²) in [5.74, 6) is -0.720. The number of hydrogen-bond acceptors (Lipinski definition) is 4. The third kappa shape index (κ3) is 3.63. The number of carboxylic acids is 1. The van der Waals surface area contributed by atoms with Gasteiger partial charge in [0.05, 0.1) is 0 Å². The molecular weight excluding hydrogens is 304 g/mol. The van der Waals surface area contributed by atoms with Crippen molar-refractivity contribution in [2.24, 2.45) is 0 Å². The van der Waals surface area contributed by atoms with Gasteiger partial charge < -0.3 is 15.2 Å². The number of carboxylic acid groups (broad SMARTS) is 1. The van der Waals surface area contributed by atoms with Gasteiger partial charge in [-0.05, 0) is 36.4 Å². The van der Waals surface area contributed by atoms with Crippen molar-refractivity contribution in [1.29, 1.82) is 0 Å². The summed E-state index contributed by atoms with van der Waals surface area (Å²) in [5, 5.41) is 11.8. The molecule has 8 heteroatoms. The minimum Gasteiger partial charge on any atom is -0.479 e. The number of halogens is 2. The molecule has 0 saturated carbocycles. The standard InChI is InChI=1S/C13H13F2NO4S/c14-12(15)20-9-3-1-8(2-4-9)10(17)16-13(11(18)19)5-6-21-7-13/h1-4,12H,5-7H2,(H,16,17)(H,18,19). The first-order valence-electron chi connectivity index (χ1n) is 6.11. The smallest absolute Gasteiger partial charge is 0.387 e. The number of ether oxygens (including phenoxy) is 1. The Labute approximate surface area is 123 Å². The van der Waals surface area contributed by atoms with Gasteiger partial charge in [-0.3, -0.25) is 4.79 Å². The lowest BCUT2D eigenvalue weighted by Gasteiger charge is -2.24. The highest BCUT2D eigenvalue weighted by Gasteiger charge is 2.43. The fourth-order valence-corrected chi connectivity index (χ4v) is 3.29. The van der Waals surface area contributed by atoms with E-state index >= 15 is 0 Å². The number of thioether (sulfide) groups is 1. The molecule has 0 aromatic heterocycles. The van der Waals surface area contributed by atoms with Gasteiger partial charge in [-0.25, -0.2) is 4.79 Å². The lowest BCUT2D eigenvalue weighted by Crippen LogP contribution is -2.54. The molecular formula is C13H13F2NO4S. The zero-order valence-electron chi connectivity index (χ0n) is 10.8. The maximum Gasteiger partial charge on any atom is 0.387 e. The monoisotopic (exact) mass is 317 g/mol. The van der Waals surface area contributed by atoms with Crippen LogP contribution >= 0.6 is 11.8 Å². The van der Waals surface area contributed by atoms with Crippen molar-refractivity contribution in [2.75, 3.05) is 11.5 Å². The molecule has 1 atom stereocenters. The third-order valence-corrected chi connectivity index (χ3v) is 4.32. The number of carbonyl (C=O) groups is 2. The van der Waals surface area contributed by atoms with E-state index in [1.54, 1.807) is 0 Å². The number of aliphatic carboxylic acids is 1. The van der Waals surface area contributed by atoms with Crippen LogP contribution in [0.2, 0.25) is 0 Å². The summed E-state index contributed by atoms with van der Waals surface area (Å²) in [6, 6.07) is 5.09. The van der Waals surface area contributed by atoms with Crippen LogP contribution in [-0.2, 0) is 4.79 Å². The van der Waals surface area contributed by atoms with E-state index in [4.69, 9.17) is 0 Å². The average molecular weight is 317 g/mol. The van der Waals surface area contributed by atoms with E-state index in [0.717, 1.165) is 0 Å². The van der Waals surface area contributed by atoms with Gasteiger partial charge >= 0.3 is 12.6 Å². The van der Waals surface area contributed by atoms with Crippen molar-refractivity contribution in [3.8, 4) is 5.75 Å². The minimum atomic E-state index is -2.93. The van der Waals surface area contributed by atoms with Gasteiger partial charge in [-0.15, -0.1) is 0 Å². The Morgan fingerprint density at radius 1 is 1.33 bits per heavy atom. The molecule has 1 aliphatic heterocycles. The van der Waals surface area contributed by atoms with E-state index in [9.17, 15) is 23.5 Å². The van der Waals surface area contributed by atoms with Gasteiger partial charge in [0.25, 0.3) is 5.91 Å². The second kappa shape index (κ2) is 6.30. The van der Waals surface area contributed by atoms with E-state index in [1.165, 1.54) is 36.0 Å². The molecule has 1 amide bonds. The first-order valence-corrected chi connectivity index (χ1v) is 7.27. The van der Waals surface area contributed by atoms with Crippen LogP contribution < -0.4 is 10.1 Å². The normalized spacial score (nSPS) is 21.3. The summed E-state index contributed by atoms with van der Waals surface area (Å²) in [4.78, 5) is 23.4. The predicted molar refractivity (Wildman–Crippen MR) is 72.8 cm³/mol. The Kier molecular flexibility index (Phi) is 4.66. The predicted octanol–water partition coefficient (Wildman–Crippen LogP) is 1.98. The van der Waals surface area contributed by atoms with E-state index in [-0.39, 0.29) is 11.3 Å². The number of nitrogens with one attached hydrogen (secondary N) is 1. The third-order valence-electron chi connectivity index (χ3n) is 3.13. The zero-order chi connectivity index (χ0) is 15.5. The molecule has 21 heavy (non-hydrogen) atoms. The summed E-state index contributed by atoms with van der Waals surface area (Å²) in [6.45, 7) is -2.93. The van der Waals surface area contributed by atoms with Crippen molar-refractivity contribution in [1.82, 2.24) is 5.32 Å². The highest BCUT2D eigenvalue weighted by Crippen LogP contribution is 2.28. The van der Waals surface area contributed by atoms with Crippen molar-refractivity contribution < 1.29 is 28.2 Å². The Morgan fingerprint density at radius 3 is 2.48 bits per heavy atom. The number of carbonyl (C=O) groups excluding carboxylic acids is 1. The van der Waals surface area contributed by atoms with Gasteiger partial charge in [0.15, 0.2) is 0 Å². The largest absolute Gasteiger partial charge is 0.479 e. The number of hydrogen-bond donors (Lipinski definition) is 2. The topological polar surface area (TPSA) is 75.6 Å². The number of benzene rings is 1. The molecule has 0 radical (unpaired) electrons. The zero-order valence-corrected chi connectivity index (χ0v) is 11.7. The van der Waals surface area contributed by atoms with Crippen molar-refractivity contribution in [2.45, 2.75) is 18.6 Å². The molecule has 1 aromatic carbocycles. The molecule has 0 aliphatic carbocycles. The van der Waals surface area contributed by atoms with E-state index in [1.807, 2.05) is 0 Å². The lowest BCUT2D eigenvalue weighted by atomic mass is 9.98. The number of rotatable bonds is 5. The van der Waals surface area contributed by atoms with Crippen LogP contribution in [0.25, 0.3) is 0 Å². The summed E-state index contributed by atoms with van der Waals surface area (Å²) in [6.07, 6.45) is 0.352. The molecule has 1 unspecified atom stereocenters. The molecule has 114 valence electrons. The van der Waals surface area contributed by atoms with E-state index in [2.05, 4.69) is 10.1 Å². The Bertz CT molecular complexity index is 529.